The second-order valence-corrected chi connectivity index (χ2v) is 5.64. The summed E-state index contributed by atoms with van der Waals surface area (Å²) in [7, 11) is 0. The van der Waals surface area contributed by atoms with E-state index < -0.39 is 0 Å². The summed E-state index contributed by atoms with van der Waals surface area (Å²) in [6.07, 6.45) is 0. The molecule has 0 radical (unpaired) electrons. The number of aliphatic hydroxyl groups excluding tert-OH is 1. The fourth-order valence-corrected chi connectivity index (χ4v) is 2.64. The van der Waals surface area contributed by atoms with E-state index in [9.17, 15) is 5.11 Å². The van der Waals surface area contributed by atoms with Crippen molar-refractivity contribution in [2.24, 2.45) is 0 Å². The predicted molar refractivity (Wildman–Crippen MR) is 85.2 cm³/mol. The van der Waals surface area contributed by atoms with Crippen molar-refractivity contribution in [2.45, 2.75) is 13.5 Å². The van der Waals surface area contributed by atoms with Crippen LogP contribution >= 0.6 is 15.9 Å². The van der Waals surface area contributed by atoms with Crippen LogP contribution < -0.4 is 0 Å². The Hall–Kier alpha value is -1.98. The molecule has 0 fully saturated rings. The highest BCUT2D eigenvalue weighted by molar-refractivity contribution is 9.10. The quantitative estimate of drug-likeness (QED) is 0.791. The number of hydrogen-bond donors (Lipinski definition) is 1. The highest BCUT2D eigenvalue weighted by Crippen LogP contribution is 2.28. The van der Waals surface area contributed by atoms with Crippen LogP contribution in [-0.4, -0.2) is 19.9 Å². The lowest BCUT2D eigenvalue weighted by Gasteiger charge is -2.11. The van der Waals surface area contributed by atoms with Crippen LogP contribution in [0.1, 0.15) is 11.4 Å². The third kappa shape index (κ3) is 2.62. The number of nitrogens with zero attached hydrogens (tertiary/aromatic N) is 3. The standard InChI is InChI=1S/C16H14BrN3O/c1-11-7-8-12(17)9-14(11)16-19-18-15(10-21)20(16)13-5-3-2-4-6-13/h2-9,21H,10H2,1H3. The van der Waals surface area contributed by atoms with Crippen LogP contribution in [0.15, 0.2) is 53.0 Å². The number of para-hydroxylation sites is 1. The number of halogens is 1. The Labute approximate surface area is 131 Å². The van der Waals surface area contributed by atoms with Gasteiger partial charge in [-0.25, -0.2) is 0 Å². The van der Waals surface area contributed by atoms with Gasteiger partial charge < -0.3 is 5.11 Å². The molecule has 0 aliphatic heterocycles. The maximum absolute atomic E-state index is 9.53. The van der Waals surface area contributed by atoms with Crippen molar-refractivity contribution in [2.75, 3.05) is 0 Å². The molecule has 1 heterocycles. The monoisotopic (exact) mass is 343 g/mol. The van der Waals surface area contributed by atoms with Gasteiger partial charge >= 0.3 is 0 Å². The molecular formula is C16H14BrN3O. The Kier molecular flexibility index (Phi) is 3.86. The molecule has 2 aromatic carbocycles. The molecule has 0 saturated heterocycles. The van der Waals surface area contributed by atoms with Gasteiger partial charge in [0.25, 0.3) is 0 Å². The van der Waals surface area contributed by atoms with Gasteiger partial charge in [-0.05, 0) is 36.8 Å². The van der Waals surface area contributed by atoms with Crippen LogP contribution in [0.25, 0.3) is 17.1 Å². The molecule has 1 N–H and O–H groups in total. The van der Waals surface area contributed by atoms with E-state index in [1.807, 2.05) is 60.0 Å². The fraction of sp³-hybridized carbons (Fsp3) is 0.125. The van der Waals surface area contributed by atoms with E-state index in [4.69, 9.17) is 0 Å². The first-order valence-corrected chi connectivity index (χ1v) is 7.37. The average Bonchev–Trinajstić information content (AvgIpc) is 2.94. The van der Waals surface area contributed by atoms with Crippen LogP contribution in [0.3, 0.4) is 0 Å². The molecule has 0 saturated carbocycles. The van der Waals surface area contributed by atoms with Crippen molar-refractivity contribution in [3.63, 3.8) is 0 Å². The van der Waals surface area contributed by atoms with Crippen LogP contribution in [0.4, 0.5) is 0 Å². The van der Waals surface area contributed by atoms with Crippen molar-refractivity contribution in [3.05, 3.63) is 64.4 Å². The number of aromatic nitrogens is 3. The lowest BCUT2D eigenvalue weighted by Crippen LogP contribution is -2.03. The minimum absolute atomic E-state index is 0.158. The minimum Gasteiger partial charge on any atom is -0.388 e. The molecule has 0 atom stereocenters. The molecule has 106 valence electrons. The Morgan fingerprint density at radius 3 is 2.57 bits per heavy atom. The lowest BCUT2D eigenvalue weighted by molar-refractivity contribution is 0.269. The molecule has 5 heteroatoms. The van der Waals surface area contributed by atoms with Gasteiger partial charge in [0.1, 0.15) is 6.61 Å². The third-order valence-corrected chi connectivity index (χ3v) is 3.82. The largest absolute Gasteiger partial charge is 0.388 e. The van der Waals surface area contributed by atoms with Crippen molar-refractivity contribution in [3.8, 4) is 17.1 Å². The summed E-state index contributed by atoms with van der Waals surface area (Å²) < 4.78 is 2.87. The highest BCUT2D eigenvalue weighted by Gasteiger charge is 2.16. The number of hydrogen-bond acceptors (Lipinski definition) is 3. The number of rotatable bonds is 3. The first-order valence-electron chi connectivity index (χ1n) is 6.58. The van der Waals surface area contributed by atoms with Gasteiger partial charge in [-0.1, -0.05) is 40.2 Å². The lowest BCUT2D eigenvalue weighted by atomic mass is 10.1. The van der Waals surface area contributed by atoms with Gasteiger partial charge in [0.05, 0.1) is 0 Å². The van der Waals surface area contributed by atoms with Crippen molar-refractivity contribution in [1.29, 1.82) is 0 Å². The normalized spacial score (nSPS) is 10.8. The summed E-state index contributed by atoms with van der Waals surface area (Å²) in [5, 5.41) is 17.9. The molecule has 1 aromatic heterocycles. The fourth-order valence-electron chi connectivity index (χ4n) is 2.28. The van der Waals surface area contributed by atoms with Gasteiger partial charge in [0.15, 0.2) is 11.6 Å². The molecule has 21 heavy (non-hydrogen) atoms. The molecule has 4 nitrogen and oxygen atoms in total. The van der Waals surface area contributed by atoms with Gasteiger partial charge in [-0.3, -0.25) is 4.57 Å². The second-order valence-electron chi connectivity index (χ2n) is 4.73. The highest BCUT2D eigenvalue weighted by atomic mass is 79.9. The summed E-state index contributed by atoms with van der Waals surface area (Å²) in [6.45, 7) is 1.87. The van der Waals surface area contributed by atoms with E-state index in [-0.39, 0.29) is 6.61 Å². The van der Waals surface area contributed by atoms with Crippen LogP contribution in [0.2, 0.25) is 0 Å². The smallest absolute Gasteiger partial charge is 0.168 e. The molecule has 3 aromatic rings. The van der Waals surface area contributed by atoms with E-state index in [1.165, 1.54) is 0 Å². The zero-order chi connectivity index (χ0) is 14.8. The van der Waals surface area contributed by atoms with Crippen molar-refractivity contribution >= 4 is 15.9 Å². The van der Waals surface area contributed by atoms with Crippen LogP contribution in [-0.2, 0) is 6.61 Å². The molecule has 0 aliphatic carbocycles. The van der Waals surface area contributed by atoms with E-state index in [0.717, 1.165) is 27.1 Å². The zero-order valence-corrected chi connectivity index (χ0v) is 13.1. The summed E-state index contributed by atoms with van der Waals surface area (Å²) >= 11 is 3.49. The molecule has 0 unspecified atom stereocenters. The van der Waals surface area contributed by atoms with Crippen LogP contribution in [0.5, 0.6) is 0 Å². The molecule has 0 spiro atoms. The molecular weight excluding hydrogens is 330 g/mol. The minimum atomic E-state index is -0.158. The van der Waals surface area contributed by atoms with Crippen LogP contribution in [0, 0.1) is 6.92 Å². The Morgan fingerprint density at radius 2 is 1.86 bits per heavy atom. The first kappa shape index (κ1) is 14.0. The summed E-state index contributed by atoms with van der Waals surface area (Å²) in [5.74, 6) is 1.25. The zero-order valence-electron chi connectivity index (χ0n) is 11.5. The Balaban J connectivity index is 2.25. The summed E-state index contributed by atoms with van der Waals surface area (Å²) in [5.41, 5.74) is 3.02. The van der Waals surface area contributed by atoms with E-state index in [0.29, 0.717) is 5.82 Å². The van der Waals surface area contributed by atoms with E-state index in [1.54, 1.807) is 0 Å². The topological polar surface area (TPSA) is 50.9 Å². The van der Waals surface area contributed by atoms with Crippen molar-refractivity contribution < 1.29 is 5.11 Å². The van der Waals surface area contributed by atoms with Gasteiger partial charge in [0.2, 0.25) is 0 Å². The third-order valence-electron chi connectivity index (χ3n) is 3.33. The molecule has 0 amide bonds. The summed E-state index contributed by atoms with van der Waals surface area (Å²) in [6, 6.07) is 15.8. The van der Waals surface area contributed by atoms with Gasteiger partial charge in [-0.15, -0.1) is 10.2 Å². The number of aryl methyl sites for hydroxylation is 1. The second kappa shape index (κ2) is 5.79. The maximum atomic E-state index is 9.53. The van der Waals surface area contributed by atoms with Gasteiger partial charge in [-0.2, -0.15) is 0 Å². The Morgan fingerprint density at radius 1 is 1.10 bits per heavy atom. The predicted octanol–water partition coefficient (Wildman–Crippen LogP) is 3.50. The average molecular weight is 344 g/mol. The summed E-state index contributed by atoms with van der Waals surface area (Å²) in [4.78, 5) is 0. The number of benzene rings is 2. The molecule has 0 aliphatic rings. The maximum Gasteiger partial charge on any atom is 0.168 e. The SMILES string of the molecule is Cc1ccc(Br)cc1-c1nnc(CO)n1-c1ccccc1. The van der Waals surface area contributed by atoms with Gasteiger partial charge in [0, 0.05) is 15.7 Å². The van der Waals surface area contributed by atoms with E-state index in [2.05, 4.69) is 26.1 Å². The Bertz CT molecular complexity index is 768. The molecule has 3 rings (SSSR count). The first-order chi connectivity index (χ1) is 10.2. The molecule has 0 bridgehead atoms. The van der Waals surface area contributed by atoms with Crippen molar-refractivity contribution in [1.82, 2.24) is 14.8 Å². The number of aliphatic hydroxyl groups is 1. The van der Waals surface area contributed by atoms with E-state index >= 15 is 0 Å².